The van der Waals surface area contributed by atoms with Crippen LogP contribution in [0.4, 0.5) is 5.69 Å². The van der Waals surface area contributed by atoms with Crippen molar-refractivity contribution in [2.45, 2.75) is 19.8 Å². The number of H-pyrrole nitrogens is 1. The molecule has 0 fully saturated rings. The molecule has 2 rings (SSSR count). The Morgan fingerprint density at radius 1 is 1.37 bits per heavy atom. The van der Waals surface area contributed by atoms with Crippen LogP contribution >= 0.6 is 0 Å². The maximum atomic E-state index is 12.1. The minimum atomic E-state index is -0.257. The van der Waals surface area contributed by atoms with Gasteiger partial charge >= 0.3 is 0 Å². The second-order valence-electron chi connectivity index (χ2n) is 4.52. The summed E-state index contributed by atoms with van der Waals surface area (Å²) in [5.74, 6) is 0.670. The molecule has 0 aliphatic heterocycles. The van der Waals surface area contributed by atoms with Crippen LogP contribution in [0.1, 0.15) is 35.9 Å². The van der Waals surface area contributed by atoms with Crippen LogP contribution in [0.15, 0.2) is 30.3 Å². The number of carbonyl (C=O) groups excluding carboxylic acids is 1. The third-order valence-electron chi connectivity index (χ3n) is 2.81. The first kappa shape index (κ1) is 13.1. The van der Waals surface area contributed by atoms with E-state index in [0.717, 1.165) is 5.69 Å². The zero-order valence-corrected chi connectivity index (χ0v) is 11.2. The van der Waals surface area contributed by atoms with Crippen molar-refractivity contribution in [3.05, 3.63) is 41.7 Å². The summed E-state index contributed by atoms with van der Waals surface area (Å²) in [5.41, 5.74) is 1.93. The van der Waals surface area contributed by atoms with Crippen molar-refractivity contribution in [2.24, 2.45) is 0 Å². The van der Waals surface area contributed by atoms with Crippen molar-refractivity contribution in [3.63, 3.8) is 0 Å². The number of anilines is 1. The standard InChI is InChI=1S/C14H17N3O2/c1-9(2)11-8-12(17-16-11)14(18)15-10-6-4-5-7-13(10)19-3/h4-9H,1-3H3,(H,15,18)(H,16,17). The van der Waals surface area contributed by atoms with Crippen molar-refractivity contribution in [1.82, 2.24) is 10.2 Å². The van der Waals surface area contributed by atoms with E-state index in [-0.39, 0.29) is 5.91 Å². The number of hydrogen-bond acceptors (Lipinski definition) is 3. The van der Waals surface area contributed by atoms with E-state index in [1.165, 1.54) is 0 Å². The Labute approximate surface area is 112 Å². The fourth-order valence-corrected chi connectivity index (χ4v) is 1.68. The molecule has 0 aliphatic rings. The summed E-state index contributed by atoms with van der Waals surface area (Å²) in [7, 11) is 1.57. The number of benzene rings is 1. The van der Waals surface area contributed by atoms with Crippen LogP contribution in [-0.4, -0.2) is 23.2 Å². The Morgan fingerprint density at radius 2 is 2.11 bits per heavy atom. The summed E-state index contributed by atoms with van der Waals surface area (Å²) < 4.78 is 5.18. The van der Waals surface area contributed by atoms with E-state index in [2.05, 4.69) is 15.5 Å². The number of aromatic amines is 1. The van der Waals surface area contributed by atoms with Gasteiger partial charge in [-0.2, -0.15) is 5.10 Å². The molecule has 1 aromatic carbocycles. The number of amides is 1. The van der Waals surface area contributed by atoms with Gasteiger partial charge in [0.1, 0.15) is 5.75 Å². The van der Waals surface area contributed by atoms with Gasteiger partial charge in [-0.1, -0.05) is 26.0 Å². The van der Waals surface area contributed by atoms with Crippen LogP contribution in [-0.2, 0) is 0 Å². The molecule has 0 bridgehead atoms. The fourth-order valence-electron chi connectivity index (χ4n) is 1.68. The van der Waals surface area contributed by atoms with E-state index in [1.807, 2.05) is 26.0 Å². The number of carbonyl (C=O) groups is 1. The molecular formula is C14H17N3O2. The minimum Gasteiger partial charge on any atom is -0.495 e. The zero-order valence-electron chi connectivity index (χ0n) is 11.2. The topological polar surface area (TPSA) is 67.0 Å². The third kappa shape index (κ3) is 2.93. The fraction of sp³-hybridized carbons (Fsp3) is 0.286. The summed E-state index contributed by atoms with van der Waals surface area (Å²) in [6, 6.07) is 9.02. The second-order valence-corrected chi connectivity index (χ2v) is 4.52. The highest BCUT2D eigenvalue weighted by molar-refractivity contribution is 6.03. The van der Waals surface area contributed by atoms with Crippen molar-refractivity contribution in [3.8, 4) is 5.75 Å². The first-order valence-electron chi connectivity index (χ1n) is 6.11. The Bertz CT molecular complexity index is 576. The molecule has 1 amide bonds. The number of aromatic nitrogens is 2. The van der Waals surface area contributed by atoms with Crippen LogP contribution < -0.4 is 10.1 Å². The zero-order chi connectivity index (χ0) is 13.8. The van der Waals surface area contributed by atoms with Gasteiger partial charge in [0.2, 0.25) is 0 Å². The summed E-state index contributed by atoms with van der Waals surface area (Å²) in [6.45, 7) is 4.07. The molecule has 0 aliphatic carbocycles. The van der Waals surface area contributed by atoms with Crippen molar-refractivity contribution in [2.75, 3.05) is 12.4 Å². The Morgan fingerprint density at radius 3 is 2.74 bits per heavy atom. The largest absolute Gasteiger partial charge is 0.495 e. The van der Waals surface area contributed by atoms with E-state index in [0.29, 0.717) is 23.0 Å². The Balaban J connectivity index is 2.16. The Hall–Kier alpha value is -2.30. The van der Waals surface area contributed by atoms with E-state index < -0.39 is 0 Å². The minimum absolute atomic E-state index is 0.257. The number of ether oxygens (including phenoxy) is 1. The molecule has 2 aromatic rings. The molecule has 19 heavy (non-hydrogen) atoms. The molecule has 1 aromatic heterocycles. The van der Waals surface area contributed by atoms with Gasteiger partial charge in [-0.05, 0) is 24.1 Å². The van der Waals surface area contributed by atoms with Crippen molar-refractivity contribution in [1.29, 1.82) is 0 Å². The molecule has 0 atom stereocenters. The number of hydrogen-bond donors (Lipinski definition) is 2. The highest BCUT2D eigenvalue weighted by atomic mass is 16.5. The van der Waals surface area contributed by atoms with Crippen LogP contribution in [0.5, 0.6) is 5.75 Å². The first-order valence-corrected chi connectivity index (χ1v) is 6.11. The van der Waals surface area contributed by atoms with Crippen LogP contribution in [0, 0.1) is 0 Å². The van der Waals surface area contributed by atoms with Crippen LogP contribution in [0.2, 0.25) is 0 Å². The monoisotopic (exact) mass is 259 g/mol. The number of rotatable bonds is 4. The smallest absolute Gasteiger partial charge is 0.276 e. The van der Waals surface area contributed by atoms with Crippen molar-refractivity contribution >= 4 is 11.6 Å². The first-order chi connectivity index (χ1) is 9.11. The molecule has 1 heterocycles. The number of nitrogens with one attached hydrogen (secondary N) is 2. The predicted molar refractivity (Wildman–Crippen MR) is 73.6 cm³/mol. The average molecular weight is 259 g/mol. The SMILES string of the molecule is COc1ccccc1NC(=O)c1cc(C(C)C)[nH]n1. The van der Waals surface area contributed by atoms with E-state index in [4.69, 9.17) is 4.74 Å². The number of methoxy groups -OCH3 is 1. The molecular weight excluding hydrogens is 242 g/mol. The van der Waals surface area contributed by atoms with Gasteiger partial charge in [-0.15, -0.1) is 0 Å². The van der Waals surface area contributed by atoms with Crippen LogP contribution in [0.3, 0.4) is 0 Å². The normalized spacial score (nSPS) is 10.5. The molecule has 0 radical (unpaired) electrons. The molecule has 0 spiro atoms. The molecule has 5 nitrogen and oxygen atoms in total. The highest BCUT2D eigenvalue weighted by Gasteiger charge is 2.13. The lowest BCUT2D eigenvalue weighted by molar-refractivity contribution is 0.102. The summed E-state index contributed by atoms with van der Waals surface area (Å²) in [5, 5.41) is 9.65. The summed E-state index contributed by atoms with van der Waals surface area (Å²) >= 11 is 0. The van der Waals surface area contributed by atoms with Gasteiger partial charge in [0.15, 0.2) is 5.69 Å². The lowest BCUT2D eigenvalue weighted by Gasteiger charge is -2.08. The lowest BCUT2D eigenvalue weighted by Crippen LogP contribution is -2.13. The Kier molecular flexibility index (Phi) is 3.85. The summed E-state index contributed by atoms with van der Waals surface area (Å²) in [6.07, 6.45) is 0. The third-order valence-corrected chi connectivity index (χ3v) is 2.81. The van der Waals surface area contributed by atoms with Gasteiger partial charge < -0.3 is 10.1 Å². The second kappa shape index (κ2) is 5.56. The van der Waals surface area contributed by atoms with Gasteiger partial charge in [0, 0.05) is 5.69 Å². The molecule has 5 heteroatoms. The van der Waals surface area contributed by atoms with E-state index >= 15 is 0 Å². The van der Waals surface area contributed by atoms with E-state index in [9.17, 15) is 4.79 Å². The lowest BCUT2D eigenvalue weighted by atomic mass is 10.1. The maximum Gasteiger partial charge on any atom is 0.276 e. The maximum absolute atomic E-state index is 12.1. The van der Waals surface area contributed by atoms with Crippen molar-refractivity contribution < 1.29 is 9.53 Å². The number of para-hydroxylation sites is 2. The van der Waals surface area contributed by atoms with Gasteiger partial charge in [-0.3, -0.25) is 9.89 Å². The van der Waals surface area contributed by atoms with Gasteiger partial charge in [0.05, 0.1) is 12.8 Å². The molecule has 0 saturated heterocycles. The van der Waals surface area contributed by atoms with Gasteiger partial charge in [0.25, 0.3) is 5.91 Å². The highest BCUT2D eigenvalue weighted by Crippen LogP contribution is 2.23. The molecule has 0 unspecified atom stereocenters. The summed E-state index contributed by atoms with van der Waals surface area (Å²) in [4.78, 5) is 12.1. The average Bonchev–Trinajstić information content (AvgIpc) is 2.89. The predicted octanol–water partition coefficient (Wildman–Crippen LogP) is 2.79. The quantitative estimate of drug-likeness (QED) is 0.887. The number of nitrogens with zero attached hydrogens (tertiary/aromatic N) is 1. The molecule has 0 saturated carbocycles. The van der Waals surface area contributed by atoms with Crippen LogP contribution in [0.25, 0.3) is 0 Å². The molecule has 2 N–H and O–H groups in total. The van der Waals surface area contributed by atoms with Gasteiger partial charge in [-0.25, -0.2) is 0 Å². The molecule has 100 valence electrons. The van der Waals surface area contributed by atoms with E-state index in [1.54, 1.807) is 25.3 Å².